The average Bonchev–Trinajstić information content (AvgIpc) is 3.36. The fourth-order valence-corrected chi connectivity index (χ4v) is 4.89. The van der Waals surface area contributed by atoms with Gasteiger partial charge in [-0.1, -0.05) is 121 Å². The van der Waals surface area contributed by atoms with Gasteiger partial charge < -0.3 is 14.9 Å². The summed E-state index contributed by atoms with van der Waals surface area (Å²) in [4.78, 5) is 16.0. The Balaban J connectivity index is 0.000000833. The van der Waals surface area contributed by atoms with Crippen LogP contribution in [-0.4, -0.2) is 19.6 Å². The molecule has 1 atom stereocenters. The van der Waals surface area contributed by atoms with Gasteiger partial charge >= 0.3 is 27.0 Å². The molecule has 5 heteroatoms. The van der Waals surface area contributed by atoms with Crippen LogP contribution in [0, 0.1) is 0 Å². The first-order valence-corrected chi connectivity index (χ1v) is 14.7. The molecule has 0 heterocycles. The number of halogens is 1. The Morgan fingerprint density at radius 2 is 0.949 bits per heavy atom. The Morgan fingerprint density at radius 3 is 1.36 bits per heavy atom. The van der Waals surface area contributed by atoms with Crippen molar-refractivity contribution in [2.24, 2.45) is 0 Å². The van der Waals surface area contributed by atoms with Crippen LogP contribution in [0.3, 0.4) is 0 Å². The van der Waals surface area contributed by atoms with Crippen molar-refractivity contribution in [2.45, 2.75) is 25.8 Å². The van der Waals surface area contributed by atoms with Crippen LogP contribution in [0.5, 0.6) is 0 Å². The van der Waals surface area contributed by atoms with Gasteiger partial charge in [0.15, 0.2) is 0 Å². The molecule has 1 aliphatic rings. The number of allylic oxidation sites excluding steroid dienone is 3. The summed E-state index contributed by atoms with van der Waals surface area (Å²) in [6.45, 7) is 8.45. The molecule has 0 fully saturated rings. The molecule has 0 saturated heterocycles. The van der Waals surface area contributed by atoms with Crippen LogP contribution in [0.25, 0.3) is 16.7 Å². The number of carbonyl (C=O) groups excluding carboxylic acids is 2. The van der Waals surface area contributed by atoms with Crippen LogP contribution < -0.4 is 5.32 Å². The van der Waals surface area contributed by atoms with Crippen LogP contribution in [0.2, 0.25) is 0 Å². The number of nitrogens with one attached hydrogen (secondary N) is 1. The Morgan fingerprint density at radius 1 is 0.590 bits per heavy atom. The summed E-state index contributed by atoms with van der Waals surface area (Å²) in [6, 6.07) is 43.8. The van der Waals surface area contributed by atoms with Gasteiger partial charge in [0.05, 0.1) is 5.92 Å². The molecule has 1 unspecified atom stereocenters. The fourth-order valence-electron chi connectivity index (χ4n) is 4.89. The number of benzene rings is 4. The number of hydrogen-bond acceptors (Lipinski definition) is 3. The normalized spacial score (nSPS) is 13.8. The van der Waals surface area contributed by atoms with Gasteiger partial charge in [-0.3, -0.25) is 0 Å². The Kier molecular flexibility index (Phi) is 13.9. The molecule has 39 heavy (non-hydrogen) atoms. The van der Waals surface area contributed by atoms with Gasteiger partial charge in [0.2, 0.25) is 0 Å². The standard InChI is InChI=1S/C32H29N.2CH2O.ClH.Ru/c1-23(2)33-32-30(26-19-11-5-12-20-26)28(24-15-7-3-8-16-24)29(25-17-9-4-10-18-25)31(32)27-21-13-6-14-22-27;2*1-2;;/h3-23,30,33H,1-2H3;2*1H2;1H;/q;;;;+1/p-1. The molecular weight excluding hydrogens is 591 g/mol. The molecule has 1 aliphatic carbocycles. The summed E-state index contributed by atoms with van der Waals surface area (Å²) in [5.74, 6) is 0.126. The van der Waals surface area contributed by atoms with Crippen LogP contribution in [0.1, 0.15) is 42.0 Å². The second kappa shape index (κ2) is 17.1. The molecule has 0 radical (unpaired) electrons. The predicted molar refractivity (Wildman–Crippen MR) is 161 cm³/mol. The maximum absolute atomic E-state index is 8.00. The third-order valence-electron chi connectivity index (χ3n) is 6.15. The molecule has 0 saturated carbocycles. The zero-order valence-corrected chi connectivity index (χ0v) is 24.7. The first-order valence-electron chi connectivity index (χ1n) is 12.4. The second-order valence-corrected chi connectivity index (χ2v) is 8.82. The quantitative estimate of drug-likeness (QED) is 0.221. The van der Waals surface area contributed by atoms with E-state index in [0.717, 1.165) is 0 Å². The van der Waals surface area contributed by atoms with Gasteiger partial charge in [0.25, 0.3) is 0 Å². The molecular formula is C34H33ClNO2Ru. The van der Waals surface area contributed by atoms with Gasteiger partial charge in [-0.25, -0.2) is 0 Å². The minimum atomic E-state index is 0.126. The van der Waals surface area contributed by atoms with E-state index in [2.05, 4.69) is 150 Å². The van der Waals surface area contributed by atoms with Crippen molar-refractivity contribution in [1.82, 2.24) is 5.32 Å². The van der Waals surface area contributed by atoms with E-state index < -0.39 is 0 Å². The van der Waals surface area contributed by atoms with Crippen LogP contribution in [0.15, 0.2) is 127 Å². The summed E-state index contributed by atoms with van der Waals surface area (Å²) in [6.07, 6.45) is 0. The van der Waals surface area contributed by atoms with E-state index in [-0.39, 0.29) is 5.92 Å². The van der Waals surface area contributed by atoms with Crippen LogP contribution in [-0.2, 0) is 26.9 Å². The third-order valence-corrected chi connectivity index (χ3v) is 6.15. The van der Waals surface area contributed by atoms with E-state index in [4.69, 9.17) is 9.59 Å². The van der Waals surface area contributed by atoms with Crippen molar-refractivity contribution in [1.29, 1.82) is 0 Å². The molecule has 201 valence electrons. The van der Waals surface area contributed by atoms with Gasteiger partial charge in [-0.2, -0.15) is 0 Å². The van der Waals surface area contributed by atoms with Crippen molar-refractivity contribution >= 4 is 40.0 Å². The van der Waals surface area contributed by atoms with E-state index in [1.807, 2.05) is 30.9 Å². The molecule has 3 nitrogen and oxygen atoms in total. The van der Waals surface area contributed by atoms with Gasteiger partial charge in [0, 0.05) is 17.3 Å². The monoisotopic (exact) mass is 624 g/mol. The molecule has 0 aromatic heterocycles. The average molecular weight is 624 g/mol. The van der Waals surface area contributed by atoms with E-state index in [0.29, 0.717) is 6.04 Å². The summed E-state index contributed by atoms with van der Waals surface area (Å²) in [5.41, 5.74) is 10.3. The van der Waals surface area contributed by atoms with Gasteiger partial charge in [-0.05, 0) is 47.2 Å². The molecule has 0 amide bonds. The van der Waals surface area contributed by atoms with E-state index >= 15 is 0 Å². The van der Waals surface area contributed by atoms with Crippen molar-refractivity contribution in [2.75, 3.05) is 0 Å². The van der Waals surface area contributed by atoms with E-state index in [1.165, 1.54) is 44.7 Å². The van der Waals surface area contributed by atoms with Crippen LogP contribution in [0.4, 0.5) is 0 Å². The van der Waals surface area contributed by atoms with Crippen molar-refractivity contribution in [3.63, 3.8) is 0 Å². The Hall–Kier alpha value is -3.59. The topological polar surface area (TPSA) is 46.2 Å². The summed E-state index contributed by atoms with van der Waals surface area (Å²) < 4.78 is 0. The Labute approximate surface area is 246 Å². The van der Waals surface area contributed by atoms with Crippen molar-refractivity contribution < 1.29 is 26.9 Å². The predicted octanol–water partition coefficient (Wildman–Crippen LogP) is 8.12. The maximum atomic E-state index is 8.00. The molecule has 0 spiro atoms. The summed E-state index contributed by atoms with van der Waals surface area (Å²) in [7, 11) is 4.57. The van der Waals surface area contributed by atoms with Gasteiger partial charge in [-0.15, -0.1) is 0 Å². The SMILES string of the molecule is C=O.C=O.CC(C)NC1=C(c2ccccc2)C(c2ccccc2)=C(c2ccccc2)C1c1ccccc1.[Cl][Ru]. The minimum absolute atomic E-state index is 0.126. The zero-order valence-electron chi connectivity index (χ0n) is 22.2. The number of carbonyl (C=O) groups is 2. The van der Waals surface area contributed by atoms with E-state index in [1.54, 1.807) is 0 Å². The molecule has 0 aliphatic heterocycles. The zero-order chi connectivity index (χ0) is 28.6. The summed E-state index contributed by atoms with van der Waals surface area (Å²) in [5, 5.41) is 3.88. The molecule has 4 aromatic rings. The molecule has 1 N–H and O–H groups in total. The number of hydrogen-bond donors (Lipinski definition) is 1. The Bertz CT molecular complexity index is 1320. The number of rotatable bonds is 6. The molecule has 0 bridgehead atoms. The summed E-state index contributed by atoms with van der Waals surface area (Å²) >= 11 is 1.82. The fraction of sp³-hybridized carbons (Fsp3) is 0.118. The third kappa shape index (κ3) is 7.72. The molecule has 4 aromatic carbocycles. The molecule has 5 rings (SSSR count). The van der Waals surface area contributed by atoms with Crippen LogP contribution >= 0.6 is 9.69 Å². The van der Waals surface area contributed by atoms with Crippen molar-refractivity contribution in [3.05, 3.63) is 149 Å². The van der Waals surface area contributed by atoms with Crippen molar-refractivity contribution in [3.8, 4) is 0 Å². The van der Waals surface area contributed by atoms with E-state index in [9.17, 15) is 0 Å². The first-order chi connectivity index (χ1) is 19.2. The van der Waals surface area contributed by atoms with Gasteiger partial charge in [0.1, 0.15) is 13.6 Å². The second-order valence-electron chi connectivity index (χ2n) is 8.82. The first kappa shape index (κ1) is 31.6.